The average Bonchev–Trinajstić information content (AvgIpc) is 2.60. The quantitative estimate of drug-likeness (QED) is 0.632. The number of ether oxygens (including phenoxy) is 1. The maximum absolute atomic E-state index is 12.7. The monoisotopic (exact) mass is 371 g/mol. The molecule has 0 aliphatic carbocycles. The Kier molecular flexibility index (Phi) is 5.27. The lowest BCUT2D eigenvalue weighted by molar-refractivity contribution is -0.386. The first-order chi connectivity index (χ1) is 12.9. The Morgan fingerprint density at radius 2 is 1.85 bits per heavy atom. The van der Waals surface area contributed by atoms with Gasteiger partial charge in [-0.3, -0.25) is 14.9 Å². The normalized spacial score (nSPS) is 19.6. The average molecular weight is 371 g/mol. The van der Waals surface area contributed by atoms with Crippen molar-refractivity contribution in [3.63, 3.8) is 0 Å². The summed E-state index contributed by atoms with van der Waals surface area (Å²) in [6.45, 7) is 5.31. The maximum Gasteiger partial charge on any atom is 0.323 e. The van der Waals surface area contributed by atoms with Crippen molar-refractivity contribution in [2.75, 3.05) is 23.3 Å². The van der Waals surface area contributed by atoms with Gasteiger partial charge < -0.3 is 20.1 Å². The summed E-state index contributed by atoms with van der Waals surface area (Å²) < 4.78 is 5.75. The van der Waals surface area contributed by atoms with E-state index in [9.17, 15) is 20.0 Å². The number of hydrogen-bond acceptors (Lipinski definition) is 6. The van der Waals surface area contributed by atoms with Gasteiger partial charge in [-0.15, -0.1) is 0 Å². The van der Waals surface area contributed by atoms with Gasteiger partial charge in [0.05, 0.1) is 28.5 Å². The number of para-hydroxylation sites is 3. The highest BCUT2D eigenvalue weighted by Crippen LogP contribution is 2.32. The van der Waals surface area contributed by atoms with Crippen LogP contribution in [0.5, 0.6) is 5.75 Å². The fourth-order valence-electron chi connectivity index (χ4n) is 3.33. The molecule has 142 valence electrons. The van der Waals surface area contributed by atoms with Crippen molar-refractivity contribution in [2.24, 2.45) is 0 Å². The van der Waals surface area contributed by atoms with Crippen molar-refractivity contribution in [3.8, 4) is 5.75 Å². The number of anilines is 2. The Hall–Kier alpha value is -3.13. The molecule has 0 bridgehead atoms. The molecule has 0 unspecified atom stereocenters. The Morgan fingerprint density at radius 1 is 1.19 bits per heavy atom. The number of nitro groups is 1. The van der Waals surface area contributed by atoms with Crippen LogP contribution in [0.25, 0.3) is 0 Å². The van der Waals surface area contributed by atoms with Crippen LogP contribution in [0.4, 0.5) is 17.1 Å². The molecule has 2 aromatic carbocycles. The summed E-state index contributed by atoms with van der Waals surface area (Å²) in [4.78, 5) is 25.3. The first-order valence-electron chi connectivity index (χ1n) is 8.64. The molecule has 1 heterocycles. The first-order valence-corrected chi connectivity index (χ1v) is 8.64. The number of hydrogen-bond donors (Lipinski definition) is 2. The number of carbonyl (C=O) groups excluding carboxylic acids is 1. The summed E-state index contributed by atoms with van der Waals surface area (Å²) in [6, 6.07) is 11.2. The molecular formula is C19H21N3O5. The van der Waals surface area contributed by atoms with Crippen LogP contribution in [0.3, 0.4) is 0 Å². The van der Waals surface area contributed by atoms with E-state index in [4.69, 9.17) is 4.74 Å². The molecule has 1 amide bonds. The van der Waals surface area contributed by atoms with Crippen molar-refractivity contribution < 1.29 is 19.6 Å². The first kappa shape index (κ1) is 18.7. The van der Waals surface area contributed by atoms with Gasteiger partial charge in [0.1, 0.15) is 5.56 Å². The van der Waals surface area contributed by atoms with Gasteiger partial charge >= 0.3 is 5.69 Å². The number of carbonyl (C=O) groups is 1. The summed E-state index contributed by atoms with van der Waals surface area (Å²) in [7, 11) is 0. The lowest BCUT2D eigenvalue weighted by Crippen LogP contribution is -2.45. The molecule has 8 heteroatoms. The van der Waals surface area contributed by atoms with Gasteiger partial charge in [0.2, 0.25) is 0 Å². The van der Waals surface area contributed by atoms with Gasteiger partial charge in [-0.05, 0) is 38.1 Å². The highest BCUT2D eigenvalue weighted by atomic mass is 16.6. The second-order valence-electron chi connectivity index (χ2n) is 6.56. The molecule has 2 aromatic rings. The SMILES string of the molecule is C[C@H]1CN(c2ccccc2NC(=O)c2cccc(O)c2[N+](=O)[O-])C[C@H](C)O1. The number of benzene rings is 2. The molecule has 1 saturated heterocycles. The largest absolute Gasteiger partial charge is 0.502 e. The van der Waals surface area contributed by atoms with E-state index in [1.807, 2.05) is 26.0 Å². The zero-order chi connectivity index (χ0) is 19.6. The molecule has 0 aromatic heterocycles. The number of nitrogens with zero attached hydrogens (tertiary/aromatic N) is 2. The molecule has 3 rings (SSSR count). The lowest BCUT2D eigenvalue weighted by atomic mass is 10.1. The lowest BCUT2D eigenvalue weighted by Gasteiger charge is -2.37. The summed E-state index contributed by atoms with van der Waals surface area (Å²) in [6.07, 6.45) is 0.0920. The topological polar surface area (TPSA) is 105 Å². The van der Waals surface area contributed by atoms with Crippen LogP contribution in [-0.4, -0.2) is 41.2 Å². The molecule has 1 fully saturated rings. The van der Waals surface area contributed by atoms with Crippen LogP contribution in [-0.2, 0) is 4.74 Å². The van der Waals surface area contributed by atoms with E-state index in [2.05, 4.69) is 10.2 Å². The van der Waals surface area contributed by atoms with Crippen molar-refractivity contribution in [3.05, 3.63) is 58.1 Å². The van der Waals surface area contributed by atoms with E-state index < -0.39 is 22.3 Å². The number of nitro benzene ring substituents is 1. The molecule has 2 atom stereocenters. The fourth-order valence-corrected chi connectivity index (χ4v) is 3.33. The number of aromatic hydroxyl groups is 1. The third-order valence-corrected chi connectivity index (χ3v) is 4.35. The van der Waals surface area contributed by atoms with Gasteiger partial charge in [-0.25, -0.2) is 0 Å². The summed E-state index contributed by atoms with van der Waals surface area (Å²) in [5.74, 6) is -1.20. The second-order valence-corrected chi connectivity index (χ2v) is 6.56. The summed E-state index contributed by atoms with van der Waals surface area (Å²) in [5.41, 5.74) is 0.553. The van der Waals surface area contributed by atoms with Gasteiger partial charge in [0.15, 0.2) is 5.75 Å². The zero-order valence-electron chi connectivity index (χ0n) is 15.1. The standard InChI is InChI=1S/C19H21N3O5/c1-12-10-21(11-13(2)27-12)16-8-4-3-7-15(16)20-19(24)14-6-5-9-17(23)18(14)22(25)26/h3-9,12-13,23H,10-11H2,1-2H3,(H,20,24)/t12-,13-/m0/s1. The molecule has 27 heavy (non-hydrogen) atoms. The van der Waals surface area contributed by atoms with Gasteiger partial charge in [0.25, 0.3) is 5.91 Å². The van der Waals surface area contributed by atoms with E-state index in [-0.39, 0.29) is 17.8 Å². The van der Waals surface area contributed by atoms with Crippen molar-refractivity contribution in [1.29, 1.82) is 0 Å². The fraction of sp³-hybridized carbons (Fsp3) is 0.316. The Balaban J connectivity index is 1.90. The Labute approximate surface area is 156 Å². The van der Waals surface area contributed by atoms with E-state index >= 15 is 0 Å². The smallest absolute Gasteiger partial charge is 0.323 e. The molecule has 2 N–H and O–H groups in total. The highest BCUT2D eigenvalue weighted by molar-refractivity contribution is 6.09. The molecule has 0 saturated carbocycles. The van der Waals surface area contributed by atoms with Crippen LogP contribution in [0, 0.1) is 10.1 Å². The number of amides is 1. The minimum Gasteiger partial charge on any atom is -0.502 e. The molecule has 8 nitrogen and oxygen atoms in total. The molecule has 0 radical (unpaired) electrons. The maximum atomic E-state index is 12.7. The van der Waals surface area contributed by atoms with Crippen molar-refractivity contribution >= 4 is 23.0 Å². The number of phenolic OH excluding ortho intramolecular Hbond substituents is 1. The van der Waals surface area contributed by atoms with Crippen molar-refractivity contribution in [2.45, 2.75) is 26.1 Å². The minimum absolute atomic E-state index is 0.0460. The minimum atomic E-state index is -0.762. The second kappa shape index (κ2) is 7.63. The third kappa shape index (κ3) is 4.01. The number of nitrogens with one attached hydrogen (secondary N) is 1. The molecule has 1 aliphatic rings. The number of rotatable bonds is 4. The highest BCUT2D eigenvalue weighted by Gasteiger charge is 2.27. The molecular weight excluding hydrogens is 350 g/mol. The molecule has 1 aliphatic heterocycles. The van der Waals surface area contributed by atoms with Gasteiger partial charge in [-0.2, -0.15) is 0 Å². The zero-order valence-corrected chi connectivity index (χ0v) is 15.1. The number of phenols is 1. The third-order valence-electron chi connectivity index (χ3n) is 4.35. The van der Waals surface area contributed by atoms with E-state index in [0.717, 1.165) is 5.69 Å². The van der Waals surface area contributed by atoms with Crippen LogP contribution in [0.2, 0.25) is 0 Å². The van der Waals surface area contributed by atoms with Crippen LogP contribution in [0.1, 0.15) is 24.2 Å². The summed E-state index contributed by atoms with van der Waals surface area (Å²) in [5, 5.41) is 23.7. The van der Waals surface area contributed by atoms with Crippen LogP contribution >= 0.6 is 0 Å². The van der Waals surface area contributed by atoms with E-state index in [0.29, 0.717) is 18.8 Å². The predicted molar refractivity (Wildman–Crippen MR) is 101 cm³/mol. The summed E-state index contributed by atoms with van der Waals surface area (Å²) >= 11 is 0. The van der Waals surface area contributed by atoms with E-state index in [1.54, 1.807) is 12.1 Å². The Bertz CT molecular complexity index is 860. The number of morpholine rings is 1. The van der Waals surface area contributed by atoms with Crippen molar-refractivity contribution in [1.82, 2.24) is 0 Å². The Morgan fingerprint density at radius 3 is 2.52 bits per heavy atom. The van der Waals surface area contributed by atoms with Gasteiger partial charge in [0, 0.05) is 13.1 Å². The predicted octanol–water partition coefficient (Wildman–Crippen LogP) is 3.17. The van der Waals surface area contributed by atoms with Gasteiger partial charge in [-0.1, -0.05) is 18.2 Å². The van der Waals surface area contributed by atoms with Crippen LogP contribution in [0.15, 0.2) is 42.5 Å². The van der Waals surface area contributed by atoms with E-state index in [1.165, 1.54) is 18.2 Å². The molecule has 0 spiro atoms. The van der Waals surface area contributed by atoms with Crippen LogP contribution < -0.4 is 10.2 Å².